The Balaban J connectivity index is 1.78. The monoisotopic (exact) mass is 453 g/mol. The van der Waals surface area contributed by atoms with Crippen LogP contribution in [0, 0.1) is 0 Å². The predicted octanol–water partition coefficient (Wildman–Crippen LogP) is 6.65. The van der Waals surface area contributed by atoms with E-state index < -0.39 is 0 Å². The van der Waals surface area contributed by atoms with Crippen LogP contribution in [0.25, 0.3) is 0 Å². The van der Waals surface area contributed by atoms with E-state index in [1.807, 2.05) is 36.4 Å². The number of hydrogen-bond acceptors (Lipinski definition) is 4. The molecular weight excluding hydrogens is 437 g/mol. The number of benzene rings is 3. The molecular formula is C21H18Cl3NO2S. The highest BCUT2D eigenvalue weighted by molar-refractivity contribution is 7.99. The van der Waals surface area contributed by atoms with Gasteiger partial charge in [0.1, 0.15) is 5.75 Å². The quantitative estimate of drug-likeness (QED) is 0.350. The van der Waals surface area contributed by atoms with Crippen molar-refractivity contribution in [3.63, 3.8) is 0 Å². The summed E-state index contributed by atoms with van der Waals surface area (Å²) >= 11 is 19.8. The first-order chi connectivity index (χ1) is 13.5. The number of phenolic OH excluding ortho intramolecular Hbond substituents is 1. The minimum atomic E-state index is -0.0591. The Morgan fingerprint density at radius 1 is 0.857 bits per heavy atom. The molecule has 7 heteroatoms. The van der Waals surface area contributed by atoms with Gasteiger partial charge in [0.25, 0.3) is 0 Å². The van der Waals surface area contributed by atoms with Crippen LogP contribution in [-0.4, -0.2) is 16.8 Å². The number of rotatable bonds is 7. The van der Waals surface area contributed by atoms with Gasteiger partial charge in [-0.3, -0.25) is 0 Å². The molecule has 0 radical (unpaired) electrons. The maximum absolute atomic E-state index is 9.99. The van der Waals surface area contributed by atoms with Crippen LogP contribution in [0.15, 0.2) is 64.4 Å². The van der Waals surface area contributed by atoms with Gasteiger partial charge in [-0.05, 0) is 53.9 Å². The van der Waals surface area contributed by atoms with Gasteiger partial charge in [0.2, 0.25) is 0 Å². The van der Waals surface area contributed by atoms with Gasteiger partial charge in [0.05, 0.1) is 15.1 Å². The highest BCUT2D eigenvalue weighted by Gasteiger charge is 2.10. The molecule has 0 amide bonds. The Bertz CT molecular complexity index is 982. The van der Waals surface area contributed by atoms with Crippen LogP contribution >= 0.6 is 46.6 Å². The lowest BCUT2D eigenvalue weighted by Gasteiger charge is -2.14. The summed E-state index contributed by atoms with van der Waals surface area (Å²) in [6.07, 6.45) is 0.338. The Hall–Kier alpha value is -1.56. The second kappa shape index (κ2) is 9.77. The van der Waals surface area contributed by atoms with Crippen molar-refractivity contribution in [1.82, 2.24) is 0 Å². The third-order valence-electron chi connectivity index (χ3n) is 4.10. The molecule has 0 fully saturated rings. The zero-order valence-electron chi connectivity index (χ0n) is 14.8. The maximum Gasteiger partial charge on any atom is 0.137 e. The summed E-state index contributed by atoms with van der Waals surface area (Å²) in [6, 6.07) is 17.1. The van der Waals surface area contributed by atoms with Gasteiger partial charge in [-0.25, -0.2) is 0 Å². The average Bonchev–Trinajstić information content (AvgIpc) is 2.68. The molecule has 28 heavy (non-hydrogen) atoms. The average molecular weight is 455 g/mol. The fraction of sp³-hybridized carbons (Fsp3) is 0.143. The predicted molar refractivity (Wildman–Crippen MR) is 118 cm³/mol. The van der Waals surface area contributed by atoms with E-state index in [-0.39, 0.29) is 17.4 Å². The Morgan fingerprint density at radius 2 is 1.64 bits per heavy atom. The van der Waals surface area contributed by atoms with Crippen LogP contribution in [0.3, 0.4) is 0 Å². The molecule has 3 N–H and O–H groups in total. The van der Waals surface area contributed by atoms with Crippen molar-refractivity contribution < 1.29 is 10.2 Å². The Labute approximate surface area is 183 Å². The number of aliphatic hydroxyl groups excluding tert-OH is 1. The number of halogens is 3. The zero-order chi connectivity index (χ0) is 20.1. The highest BCUT2D eigenvalue weighted by Crippen LogP contribution is 2.35. The number of aromatic hydroxyl groups is 1. The Kier molecular flexibility index (Phi) is 7.38. The van der Waals surface area contributed by atoms with E-state index in [1.54, 1.807) is 30.0 Å². The number of aliphatic hydroxyl groups is 1. The maximum atomic E-state index is 9.99. The van der Waals surface area contributed by atoms with Gasteiger partial charge in [0, 0.05) is 28.6 Å². The van der Waals surface area contributed by atoms with E-state index in [0.29, 0.717) is 28.6 Å². The van der Waals surface area contributed by atoms with Gasteiger partial charge in [0.15, 0.2) is 0 Å². The third kappa shape index (κ3) is 5.28. The molecule has 0 saturated carbocycles. The first kappa shape index (κ1) is 21.2. The van der Waals surface area contributed by atoms with E-state index in [2.05, 4.69) is 5.32 Å². The molecule has 0 spiro atoms. The van der Waals surface area contributed by atoms with Crippen molar-refractivity contribution >= 4 is 52.3 Å². The first-order valence-electron chi connectivity index (χ1n) is 8.55. The van der Waals surface area contributed by atoms with Crippen molar-refractivity contribution in [1.29, 1.82) is 0 Å². The third-order valence-corrected chi connectivity index (χ3v) is 6.23. The molecule has 0 bridgehead atoms. The summed E-state index contributed by atoms with van der Waals surface area (Å²) in [6.45, 7) is 0.515. The largest absolute Gasteiger partial charge is 0.506 e. The molecule has 0 aromatic heterocycles. The van der Waals surface area contributed by atoms with Crippen LogP contribution in [0.2, 0.25) is 15.1 Å². The molecule has 0 aliphatic carbocycles. The molecule has 3 nitrogen and oxygen atoms in total. The SMILES string of the molecule is OCCc1cc(NCc2ccccc2Sc2ccc(Cl)c(Cl)c2)cc(Cl)c1O. The summed E-state index contributed by atoms with van der Waals surface area (Å²) in [5.41, 5.74) is 2.49. The summed E-state index contributed by atoms with van der Waals surface area (Å²) < 4.78 is 0. The summed E-state index contributed by atoms with van der Waals surface area (Å²) in [7, 11) is 0. The minimum Gasteiger partial charge on any atom is -0.506 e. The van der Waals surface area contributed by atoms with E-state index in [4.69, 9.17) is 39.9 Å². The second-order valence-corrected chi connectivity index (χ2v) is 8.42. The second-order valence-electron chi connectivity index (χ2n) is 6.08. The molecule has 0 saturated heterocycles. The molecule has 3 rings (SSSR count). The minimum absolute atomic E-state index is 0.0110. The molecule has 0 aliphatic rings. The van der Waals surface area contributed by atoms with Crippen LogP contribution < -0.4 is 5.32 Å². The smallest absolute Gasteiger partial charge is 0.137 e. The van der Waals surface area contributed by atoms with Gasteiger partial charge in [-0.15, -0.1) is 0 Å². The van der Waals surface area contributed by atoms with E-state index in [9.17, 15) is 5.11 Å². The number of hydrogen-bond donors (Lipinski definition) is 3. The summed E-state index contributed by atoms with van der Waals surface area (Å²) in [5, 5.41) is 23.8. The van der Waals surface area contributed by atoms with E-state index in [0.717, 1.165) is 21.0 Å². The van der Waals surface area contributed by atoms with Crippen LogP contribution in [0.4, 0.5) is 5.69 Å². The van der Waals surface area contributed by atoms with E-state index >= 15 is 0 Å². The molecule has 0 atom stereocenters. The van der Waals surface area contributed by atoms with Crippen LogP contribution in [0.1, 0.15) is 11.1 Å². The molecule has 0 heterocycles. The van der Waals surface area contributed by atoms with Crippen molar-refractivity contribution in [3.8, 4) is 5.75 Å². The lowest BCUT2D eigenvalue weighted by molar-refractivity contribution is 0.297. The number of anilines is 1. The van der Waals surface area contributed by atoms with Gasteiger partial charge in [-0.2, -0.15) is 0 Å². The fourth-order valence-electron chi connectivity index (χ4n) is 2.68. The van der Waals surface area contributed by atoms with Crippen molar-refractivity contribution in [3.05, 3.63) is 80.8 Å². The van der Waals surface area contributed by atoms with E-state index in [1.165, 1.54) is 0 Å². The van der Waals surface area contributed by atoms with Gasteiger partial charge in [-0.1, -0.05) is 64.8 Å². The van der Waals surface area contributed by atoms with Crippen molar-refractivity contribution in [2.24, 2.45) is 0 Å². The number of nitrogens with one attached hydrogen (secondary N) is 1. The standard InChI is InChI=1S/C21H18Cl3NO2S/c22-17-6-5-16(11-18(17)23)28-20-4-2-1-3-14(20)12-25-15-9-13(7-8-26)21(27)19(24)10-15/h1-6,9-11,25-27H,7-8,12H2. The van der Waals surface area contributed by atoms with Crippen LogP contribution in [0.5, 0.6) is 5.75 Å². The lowest BCUT2D eigenvalue weighted by atomic mass is 10.1. The van der Waals surface area contributed by atoms with Crippen molar-refractivity contribution in [2.45, 2.75) is 22.8 Å². The molecule has 0 unspecified atom stereocenters. The molecule has 3 aromatic carbocycles. The normalized spacial score (nSPS) is 10.9. The molecule has 146 valence electrons. The fourth-order valence-corrected chi connectivity index (χ4v) is 4.27. The first-order valence-corrected chi connectivity index (χ1v) is 10.5. The Morgan fingerprint density at radius 3 is 2.39 bits per heavy atom. The summed E-state index contributed by atoms with van der Waals surface area (Å²) in [5.74, 6) is 0.0110. The van der Waals surface area contributed by atoms with Crippen LogP contribution in [-0.2, 0) is 13.0 Å². The molecule has 0 aliphatic heterocycles. The van der Waals surface area contributed by atoms with Gasteiger partial charge >= 0.3 is 0 Å². The highest BCUT2D eigenvalue weighted by atomic mass is 35.5. The molecule has 3 aromatic rings. The lowest BCUT2D eigenvalue weighted by Crippen LogP contribution is -2.02. The summed E-state index contributed by atoms with van der Waals surface area (Å²) in [4.78, 5) is 2.09. The number of phenols is 1. The van der Waals surface area contributed by atoms with Crippen molar-refractivity contribution in [2.75, 3.05) is 11.9 Å². The topological polar surface area (TPSA) is 52.5 Å². The van der Waals surface area contributed by atoms with Gasteiger partial charge < -0.3 is 15.5 Å². The zero-order valence-corrected chi connectivity index (χ0v) is 17.8.